The molecule has 3 rings (SSSR count). The Kier molecular flexibility index (Phi) is 6.29. The smallest absolute Gasteiger partial charge is 0.230 e. The first kappa shape index (κ1) is 18.9. The number of rotatable bonds is 5. The number of amides is 2. The summed E-state index contributed by atoms with van der Waals surface area (Å²) in [5.74, 6) is 2.12. The summed E-state index contributed by atoms with van der Waals surface area (Å²) in [4.78, 5) is 27.1. The Hall–Kier alpha value is -1.89. The van der Waals surface area contributed by atoms with E-state index in [0.717, 1.165) is 42.3 Å². The van der Waals surface area contributed by atoms with E-state index in [1.165, 1.54) is 11.8 Å². The van der Waals surface area contributed by atoms with Crippen molar-refractivity contribution in [1.29, 1.82) is 0 Å². The van der Waals surface area contributed by atoms with Crippen molar-refractivity contribution in [3.8, 4) is 11.5 Å². The number of fused-ring (bicyclic) bond motifs is 1. The second-order valence-corrected chi connectivity index (χ2v) is 7.96. The summed E-state index contributed by atoms with van der Waals surface area (Å²) in [5.41, 5.74) is 0. The van der Waals surface area contributed by atoms with Crippen molar-refractivity contribution >= 4 is 23.6 Å². The first-order chi connectivity index (χ1) is 12.5. The lowest BCUT2D eigenvalue weighted by Gasteiger charge is -2.33. The summed E-state index contributed by atoms with van der Waals surface area (Å²) in [5, 5.41) is 3.09. The maximum absolute atomic E-state index is 12.2. The van der Waals surface area contributed by atoms with Gasteiger partial charge in [0, 0.05) is 29.9 Å². The van der Waals surface area contributed by atoms with Gasteiger partial charge in [-0.2, -0.15) is 0 Å². The Bertz CT molecular complexity index is 657. The predicted octanol–water partition coefficient (Wildman–Crippen LogP) is 2.31. The molecule has 26 heavy (non-hydrogen) atoms. The molecule has 2 aliphatic heterocycles. The number of carbonyl (C=O) groups excluding carboxylic acids is 2. The Labute approximate surface area is 158 Å². The molecule has 0 spiro atoms. The average Bonchev–Trinajstić information content (AvgIpc) is 2.66. The van der Waals surface area contributed by atoms with Crippen molar-refractivity contribution in [3.63, 3.8) is 0 Å². The monoisotopic (exact) mass is 378 g/mol. The van der Waals surface area contributed by atoms with Crippen molar-refractivity contribution in [3.05, 3.63) is 18.2 Å². The zero-order valence-electron chi connectivity index (χ0n) is 15.3. The van der Waals surface area contributed by atoms with Crippen LogP contribution < -0.4 is 14.8 Å². The van der Waals surface area contributed by atoms with Gasteiger partial charge in [-0.05, 0) is 31.0 Å². The molecule has 0 atom stereocenters. The molecule has 0 saturated carbocycles. The van der Waals surface area contributed by atoms with Crippen LogP contribution in [0.15, 0.2) is 23.1 Å². The number of benzene rings is 1. The number of piperidine rings is 1. The second kappa shape index (κ2) is 8.66. The lowest BCUT2D eigenvalue weighted by molar-refractivity contribution is -0.135. The molecule has 0 radical (unpaired) electrons. The highest BCUT2D eigenvalue weighted by Crippen LogP contribution is 2.34. The van der Waals surface area contributed by atoms with Gasteiger partial charge in [0.2, 0.25) is 11.8 Å². The summed E-state index contributed by atoms with van der Waals surface area (Å²) >= 11 is 1.49. The van der Waals surface area contributed by atoms with Gasteiger partial charge in [-0.3, -0.25) is 9.59 Å². The van der Waals surface area contributed by atoms with E-state index in [9.17, 15) is 9.59 Å². The van der Waals surface area contributed by atoms with E-state index in [0.29, 0.717) is 19.0 Å². The summed E-state index contributed by atoms with van der Waals surface area (Å²) in [6.45, 7) is 6.41. The van der Waals surface area contributed by atoms with E-state index in [-0.39, 0.29) is 23.8 Å². The highest BCUT2D eigenvalue weighted by Gasteiger charge is 2.25. The van der Waals surface area contributed by atoms with Crippen LogP contribution in [-0.2, 0) is 9.59 Å². The maximum atomic E-state index is 12.2. The van der Waals surface area contributed by atoms with Crippen molar-refractivity contribution < 1.29 is 19.1 Å². The van der Waals surface area contributed by atoms with Crippen LogP contribution in [0.5, 0.6) is 11.5 Å². The van der Waals surface area contributed by atoms with Gasteiger partial charge in [0.25, 0.3) is 0 Å². The fourth-order valence-corrected chi connectivity index (χ4v) is 3.88. The van der Waals surface area contributed by atoms with Crippen molar-refractivity contribution in [2.24, 2.45) is 5.92 Å². The van der Waals surface area contributed by atoms with Gasteiger partial charge in [-0.25, -0.2) is 0 Å². The van der Waals surface area contributed by atoms with Crippen molar-refractivity contribution in [2.45, 2.75) is 37.6 Å². The third-order valence-corrected chi connectivity index (χ3v) is 5.54. The van der Waals surface area contributed by atoms with Gasteiger partial charge in [0.15, 0.2) is 11.5 Å². The zero-order valence-corrected chi connectivity index (χ0v) is 16.1. The van der Waals surface area contributed by atoms with Gasteiger partial charge in [-0.15, -0.1) is 11.8 Å². The SMILES string of the molecule is CC(C)C(=O)N1CCC(NC(=O)CSc2ccc3c(c2)OCCO3)CC1. The van der Waals surface area contributed by atoms with E-state index in [1.807, 2.05) is 36.9 Å². The van der Waals surface area contributed by atoms with Crippen LogP contribution in [-0.4, -0.2) is 54.8 Å². The highest BCUT2D eigenvalue weighted by molar-refractivity contribution is 8.00. The standard InChI is InChI=1S/C19H26N2O4S/c1-13(2)19(23)21-7-5-14(6-8-21)20-18(22)12-26-15-3-4-16-17(11-15)25-10-9-24-16/h3-4,11,13-14H,5-10,12H2,1-2H3,(H,20,22). The van der Waals surface area contributed by atoms with Crippen LogP contribution in [0.4, 0.5) is 0 Å². The molecule has 1 fully saturated rings. The first-order valence-electron chi connectivity index (χ1n) is 9.13. The summed E-state index contributed by atoms with van der Waals surface area (Å²) in [6.07, 6.45) is 1.64. The molecule has 1 saturated heterocycles. The molecule has 2 heterocycles. The van der Waals surface area contributed by atoms with E-state index in [2.05, 4.69) is 5.32 Å². The molecule has 7 heteroatoms. The second-order valence-electron chi connectivity index (χ2n) is 6.92. The van der Waals surface area contributed by atoms with Crippen LogP contribution in [0, 0.1) is 5.92 Å². The van der Waals surface area contributed by atoms with Gasteiger partial charge in [0.1, 0.15) is 13.2 Å². The molecular formula is C19H26N2O4S. The number of nitrogens with zero attached hydrogens (tertiary/aromatic N) is 1. The van der Waals surface area contributed by atoms with Gasteiger partial charge in [0.05, 0.1) is 5.75 Å². The summed E-state index contributed by atoms with van der Waals surface area (Å²) in [6, 6.07) is 5.90. The summed E-state index contributed by atoms with van der Waals surface area (Å²) in [7, 11) is 0. The fourth-order valence-electron chi connectivity index (χ4n) is 3.14. The number of likely N-dealkylation sites (tertiary alicyclic amines) is 1. The molecule has 0 bridgehead atoms. The Morgan fingerprint density at radius 1 is 1.19 bits per heavy atom. The molecule has 6 nitrogen and oxygen atoms in total. The quantitative estimate of drug-likeness (QED) is 0.797. The van der Waals surface area contributed by atoms with Crippen LogP contribution in [0.1, 0.15) is 26.7 Å². The van der Waals surface area contributed by atoms with Crippen molar-refractivity contribution in [2.75, 3.05) is 32.1 Å². The van der Waals surface area contributed by atoms with Crippen LogP contribution >= 0.6 is 11.8 Å². The molecule has 0 aromatic heterocycles. The van der Waals surface area contributed by atoms with E-state index in [4.69, 9.17) is 9.47 Å². The zero-order chi connectivity index (χ0) is 18.5. The van der Waals surface area contributed by atoms with E-state index >= 15 is 0 Å². The number of carbonyl (C=O) groups is 2. The Morgan fingerprint density at radius 3 is 2.58 bits per heavy atom. The average molecular weight is 378 g/mol. The number of hydrogen-bond donors (Lipinski definition) is 1. The number of thioether (sulfide) groups is 1. The fraction of sp³-hybridized carbons (Fsp3) is 0.579. The maximum Gasteiger partial charge on any atom is 0.230 e. The third kappa shape index (κ3) is 4.84. The minimum atomic E-state index is 0.0264. The number of hydrogen-bond acceptors (Lipinski definition) is 5. The van der Waals surface area contributed by atoms with Gasteiger partial charge < -0.3 is 19.7 Å². The molecule has 1 aromatic carbocycles. The lowest BCUT2D eigenvalue weighted by atomic mass is 10.0. The molecule has 142 valence electrons. The van der Waals surface area contributed by atoms with Gasteiger partial charge in [-0.1, -0.05) is 13.8 Å². The van der Waals surface area contributed by atoms with Crippen LogP contribution in [0.25, 0.3) is 0 Å². The van der Waals surface area contributed by atoms with E-state index < -0.39 is 0 Å². The Balaban J connectivity index is 1.42. The first-order valence-corrected chi connectivity index (χ1v) is 10.1. The molecule has 2 amide bonds. The van der Waals surface area contributed by atoms with E-state index in [1.54, 1.807) is 0 Å². The molecule has 1 aromatic rings. The topological polar surface area (TPSA) is 67.9 Å². The largest absolute Gasteiger partial charge is 0.486 e. The van der Waals surface area contributed by atoms with Crippen LogP contribution in [0.2, 0.25) is 0 Å². The number of ether oxygens (including phenoxy) is 2. The molecule has 0 unspecified atom stereocenters. The minimum absolute atomic E-state index is 0.0264. The molecule has 1 N–H and O–H groups in total. The van der Waals surface area contributed by atoms with Crippen molar-refractivity contribution in [1.82, 2.24) is 10.2 Å². The van der Waals surface area contributed by atoms with Crippen LogP contribution in [0.3, 0.4) is 0 Å². The molecular weight excluding hydrogens is 352 g/mol. The molecule has 0 aliphatic carbocycles. The van der Waals surface area contributed by atoms with Gasteiger partial charge >= 0.3 is 0 Å². The number of nitrogens with one attached hydrogen (secondary N) is 1. The molecule has 2 aliphatic rings. The third-order valence-electron chi connectivity index (χ3n) is 4.55. The lowest BCUT2D eigenvalue weighted by Crippen LogP contribution is -2.47. The normalized spacial score (nSPS) is 17.3. The Morgan fingerprint density at radius 2 is 1.88 bits per heavy atom. The highest BCUT2D eigenvalue weighted by atomic mass is 32.2. The predicted molar refractivity (Wildman–Crippen MR) is 101 cm³/mol. The summed E-state index contributed by atoms with van der Waals surface area (Å²) < 4.78 is 11.1. The minimum Gasteiger partial charge on any atom is -0.486 e.